The van der Waals surface area contributed by atoms with E-state index in [0.717, 1.165) is 5.69 Å². The zero-order valence-electron chi connectivity index (χ0n) is 7.42. The van der Waals surface area contributed by atoms with Crippen LogP contribution in [0.5, 0.6) is 0 Å². The van der Waals surface area contributed by atoms with Crippen LogP contribution in [0, 0.1) is 0 Å². The molecule has 0 unspecified atom stereocenters. The van der Waals surface area contributed by atoms with Gasteiger partial charge in [-0.1, -0.05) is 11.6 Å². The predicted molar refractivity (Wildman–Crippen MR) is 53.4 cm³/mol. The van der Waals surface area contributed by atoms with Crippen molar-refractivity contribution in [1.29, 1.82) is 0 Å². The smallest absolute Gasteiger partial charge is 0.187 e. The highest BCUT2D eigenvalue weighted by Gasteiger charge is 2.09. The van der Waals surface area contributed by atoms with Crippen molar-refractivity contribution in [2.45, 2.75) is 0 Å². The van der Waals surface area contributed by atoms with Gasteiger partial charge in [-0.05, 0) is 6.07 Å². The first-order valence-electron chi connectivity index (χ1n) is 4.20. The molecule has 7 heteroatoms. The van der Waals surface area contributed by atoms with E-state index in [9.17, 15) is 0 Å². The Morgan fingerprint density at radius 1 is 1.33 bits per heavy atom. The fraction of sp³-hybridized carbons (Fsp3) is 0. The van der Waals surface area contributed by atoms with Gasteiger partial charge in [0.1, 0.15) is 17.2 Å². The van der Waals surface area contributed by atoms with Crippen molar-refractivity contribution in [3.05, 3.63) is 29.8 Å². The molecule has 3 rings (SSSR count). The molecule has 0 radical (unpaired) electrons. The second-order valence-corrected chi connectivity index (χ2v) is 3.32. The van der Waals surface area contributed by atoms with Crippen molar-refractivity contribution in [3.8, 4) is 11.5 Å². The van der Waals surface area contributed by atoms with Crippen LogP contribution in [0.1, 0.15) is 0 Å². The number of fused-ring (bicyclic) bond motifs is 1. The molecule has 0 saturated heterocycles. The lowest BCUT2D eigenvalue weighted by Crippen LogP contribution is -1.91. The predicted octanol–water partition coefficient (Wildman–Crippen LogP) is 1.17. The van der Waals surface area contributed by atoms with Crippen molar-refractivity contribution in [1.82, 2.24) is 29.8 Å². The number of nitrogens with zero attached hydrogens (tertiary/aromatic N) is 5. The second kappa shape index (κ2) is 3.03. The first-order chi connectivity index (χ1) is 7.34. The van der Waals surface area contributed by atoms with Crippen LogP contribution in [-0.2, 0) is 0 Å². The number of halogens is 1. The van der Waals surface area contributed by atoms with E-state index in [1.54, 1.807) is 23.0 Å². The summed E-state index contributed by atoms with van der Waals surface area (Å²) in [6, 6.07) is 3.46. The van der Waals surface area contributed by atoms with Gasteiger partial charge in [0.15, 0.2) is 11.5 Å². The molecular formula is C8H5ClN6. The van der Waals surface area contributed by atoms with Crippen molar-refractivity contribution < 1.29 is 0 Å². The van der Waals surface area contributed by atoms with Crippen molar-refractivity contribution in [3.63, 3.8) is 0 Å². The molecule has 0 fully saturated rings. The molecule has 0 amide bonds. The lowest BCUT2D eigenvalue weighted by molar-refractivity contribution is 1.03. The van der Waals surface area contributed by atoms with E-state index in [1.165, 1.54) is 0 Å². The molecule has 0 aromatic carbocycles. The molecule has 0 aliphatic rings. The summed E-state index contributed by atoms with van der Waals surface area (Å²) in [6.07, 6.45) is 3.23. The maximum atomic E-state index is 5.74. The first-order valence-corrected chi connectivity index (χ1v) is 4.58. The minimum Gasteiger partial charge on any atom is -0.275 e. The maximum absolute atomic E-state index is 5.74. The fourth-order valence-electron chi connectivity index (χ4n) is 1.34. The van der Waals surface area contributed by atoms with Gasteiger partial charge in [0.2, 0.25) is 0 Å². The molecule has 0 atom stereocenters. The van der Waals surface area contributed by atoms with Gasteiger partial charge in [-0.2, -0.15) is 5.10 Å². The molecule has 0 aliphatic carbocycles. The summed E-state index contributed by atoms with van der Waals surface area (Å²) in [5, 5.41) is 15.1. The third kappa shape index (κ3) is 1.26. The number of hydrogen-bond donors (Lipinski definition) is 1. The van der Waals surface area contributed by atoms with Crippen molar-refractivity contribution in [2.75, 3.05) is 0 Å². The number of hydrogen-bond acceptors (Lipinski definition) is 4. The minimum absolute atomic E-state index is 0.395. The molecule has 6 nitrogen and oxygen atoms in total. The van der Waals surface area contributed by atoms with Gasteiger partial charge in [-0.3, -0.25) is 9.50 Å². The Morgan fingerprint density at radius 2 is 2.27 bits per heavy atom. The lowest BCUT2D eigenvalue weighted by atomic mass is 10.4. The molecule has 3 aromatic heterocycles. The Labute approximate surface area is 88.9 Å². The van der Waals surface area contributed by atoms with Crippen LogP contribution < -0.4 is 0 Å². The summed E-state index contributed by atoms with van der Waals surface area (Å²) < 4.78 is 1.74. The first kappa shape index (κ1) is 8.37. The Balaban J connectivity index is 2.29. The number of nitrogens with one attached hydrogen (secondary N) is 1. The highest BCUT2D eigenvalue weighted by molar-refractivity contribution is 6.29. The zero-order valence-corrected chi connectivity index (χ0v) is 8.18. The van der Waals surface area contributed by atoms with E-state index in [-0.39, 0.29) is 0 Å². The molecule has 0 spiro atoms. The molecule has 0 saturated carbocycles. The van der Waals surface area contributed by atoms with Gasteiger partial charge in [-0.25, -0.2) is 4.98 Å². The standard InChI is InChI=1S/C8H5ClN6/c9-6-3-7-13-14-8(15(7)4-10-6)5-1-2-11-12-5/h1-4H,(H,11,12). The summed E-state index contributed by atoms with van der Waals surface area (Å²) in [4.78, 5) is 3.96. The number of aromatic nitrogens is 6. The highest BCUT2D eigenvalue weighted by Crippen LogP contribution is 2.15. The van der Waals surface area contributed by atoms with Gasteiger partial charge in [0.05, 0.1) is 0 Å². The Morgan fingerprint density at radius 3 is 3.07 bits per heavy atom. The van der Waals surface area contributed by atoms with E-state index >= 15 is 0 Å². The lowest BCUT2D eigenvalue weighted by Gasteiger charge is -1.95. The Bertz CT molecular complexity index is 599. The molecular weight excluding hydrogens is 216 g/mol. The van der Waals surface area contributed by atoms with Gasteiger partial charge in [-0.15, -0.1) is 10.2 Å². The van der Waals surface area contributed by atoms with Gasteiger partial charge < -0.3 is 0 Å². The largest absolute Gasteiger partial charge is 0.275 e. The van der Waals surface area contributed by atoms with Crippen LogP contribution in [0.25, 0.3) is 17.2 Å². The SMILES string of the molecule is Clc1cc2nnc(-c3ccn[nH]3)n2cn1. The van der Waals surface area contributed by atoms with Crippen LogP contribution >= 0.6 is 11.6 Å². The maximum Gasteiger partial charge on any atom is 0.187 e. The molecule has 3 heterocycles. The number of H-pyrrole nitrogens is 1. The molecule has 1 N–H and O–H groups in total. The average molecular weight is 221 g/mol. The number of rotatable bonds is 1. The van der Waals surface area contributed by atoms with Crippen LogP contribution in [0.3, 0.4) is 0 Å². The van der Waals surface area contributed by atoms with Gasteiger partial charge in [0.25, 0.3) is 0 Å². The molecule has 3 aromatic rings. The average Bonchev–Trinajstić information content (AvgIpc) is 2.82. The molecule has 0 bridgehead atoms. The van der Waals surface area contributed by atoms with E-state index in [2.05, 4.69) is 25.4 Å². The monoisotopic (exact) mass is 220 g/mol. The van der Waals surface area contributed by atoms with Crippen molar-refractivity contribution in [2.24, 2.45) is 0 Å². The van der Waals surface area contributed by atoms with E-state index < -0.39 is 0 Å². The van der Waals surface area contributed by atoms with Crippen molar-refractivity contribution >= 4 is 17.2 Å². The fourth-order valence-corrected chi connectivity index (χ4v) is 1.48. The number of aromatic amines is 1. The van der Waals surface area contributed by atoms with Crippen LogP contribution in [0.4, 0.5) is 0 Å². The second-order valence-electron chi connectivity index (χ2n) is 2.93. The third-order valence-electron chi connectivity index (χ3n) is 2.01. The van der Waals surface area contributed by atoms with E-state index in [4.69, 9.17) is 11.6 Å². The van der Waals surface area contributed by atoms with Crippen LogP contribution in [-0.4, -0.2) is 29.8 Å². The minimum atomic E-state index is 0.395. The third-order valence-corrected chi connectivity index (χ3v) is 2.22. The normalized spacial score (nSPS) is 11.0. The van der Waals surface area contributed by atoms with Crippen LogP contribution in [0.15, 0.2) is 24.7 Å². The molecule has 0 aliphatic heterocycles. The highest BCUT2D eigenvalue weighted by atomic mass is 35.5. The summed E-state index contributed by atoms with van der Waals surface area (Å²) in [5.41, 5.74) is 1.44. The van der Waals surface area contributed by atoms with Crippen LogP contribution in [0.2, 0.25) is 5.15 Å². The quantitative estimate of drug-likeness (QED) is 0.625. The van der Waals surface area contributed by atoms with Gasteiger partial charge >= 0.3 is 0 Å². The van der Waals surface area contributed by atoms with E-state index in [1.807, 2.05) is 6.07 Å². The summed E-state index contributed by atoms with van der Waals surface area (Å²) in [5.74, 6) is 0.659. The Hall–Kier alpha value is -1.95. The summed E-state index contributed by atoms with van der Waals surface area (Å²) >= 11 is 5.74. The summed E-state index contributed by atoms with van der Waals surface area (Å²) in [6.45, 7) is 0. The summed E-state index contributed by atoms with van der Waals surface area (Å²) in [7, 11) is 0. The molecule has 15 heavy (non-hydrogen) atoms. The van der Waals surface area contributed by atoms with Gasteiger partial charge in [0, 0.05) is 12.3 Å². The van der Waals surface area contributed by atoms with E-state index in [0.29, 0.717) is 16.6 Å². The topological polar surface area (TPSA) is 71.8 Å². The Kier molecular flexibility index (Phi) is 1.69. The molecule has 74 valence electrons. The zero-order chi connectivity index (χ0) is 10.3.